The minimum absolute atomic E-state index is 0.0422. The standard InChI is InChI=1S/C15H20N2O3/c1-17(12-7-3-2-4-8-12)15(20)16-10-11-6-5-9-13(11)14(18)19/h2-4,7-8,11,13H,5-6,9-10H2,1H3,(H,16,20)(H,18,19). The molecule has 2 amide bonds. The number of benzene rings is 1. The average molecular weight is 276 g/mol. The molecule has 2 unspecified atom stereocenters. The van der Waals surface area contributed by atoms with E-state index >= 15 is 0 Å². The number of carboxylic acid groups (broad SMARTS) is 1. The Morgan fingerprint density at radius 2 is 2.00 bits per heavy atom. The van der Waals surface area contributed by atoms with Crippen LogP contribution >= 0.6 is 0 Å². The van der Waals surface area contributed by atoms with Crippen molar-refractivity contribution in [3.63, 3.8) is 0 Å². The van der Waals surface area contributed by atoms with E-state index in [4.69, 9.17) is 5.11 Å². The van der Waals surface area contributed by atoms with Gasteiger partial charge in [0.25, 0.3) is 0 Å². The Morgan fingerprint density at radius 1 is 1.30 bits per heavy atom. The summed E-state index contributed by atoms with van der Waals surface area (Å²) in [6, 6.07) is 9.15. The van der Waals surface area contributed by atoms with Crippen molar-refractivity contribution < 1.29 is 14.7 Å². The van der Waals surface area contributed by atoms with Gasteiger partial charge in [-0.25, -0.2) is 4.79 Å². The fraction of sp³-hybridized carbons (Fsp3) is 0.467. The first-order chi connectivity index (χ1) is 9.59. The van der Waals surface area contributed by atoms with E-state index < -0.39 is 5.97 Å². The van der Waals surface area contributed by atoms with Gasteiger partial charge >= 0.3 is 12.0 Å². The van der Waals surface area contributed by atoms with Gasteiger partial charge in [0.2, 0.25) is 0 Å². The number of urea groups is 1. The smallest absolute Gasteiger partial charge is 0.321 e. The maximum Gasteiger partial charge on any atom is 0.321 e. The Kier molecular flexibility index (Phi) is 4.61. The summed E-state index contributed by atoms with van der Waals surface area (Å²) in [6.07, 6.45) is 2.50. The molecular weight excluding hydrogens is 256 g/mol. The first-order valence-electron chi connectivity index (χ1n) is 6.89. The summed E-state index contributed by atoms with van der Waals surface area (Å²) >= 11 is 0. The summed E-state index contributed by atoms with van der Waals surface area (Å²) in [7, 11) is 1.70. The van der Waals surface area contributed by atoms with E-state index in [2.05, 4.69) is 5.32 Å². The number of hydrogen-bond donors (Lipinski definition) is 2. The number of amides is 2. The van der Waals surface area contributed by atoms with E-state index in [1.165, 1.54) is 4.90 Å². The molecule has 1 aromatic carbocycles. The van der Waals surface area contributed by atoms with E-state index in [0.717, 1.165) is 18.5 Å². The number of anilines is 1. The number of nitrogens with one attached hydrogen (secondary N) is 1. The molecule has 2 N–H and O–H groups in total. The van der Waals surface area contributed by atoms with Crippen LogP contribution in [0.15, 0.2) is 30.3 Å². The summed E-state index contributed by atoms with van der Waals surface area (Å²) in [6.45, 7) is 0.424. The Balaban J connectivity index is 1.87. The molecule has 0 aromatic heterocycles. The molecule has 0 aliphatic heterocycles. The maximum absolute atomic E-state index is 12.0. The largest absolute Gasteiger partial charge is 0.481 e. The van der Waals surface area contributed by atoms with Crippen LogP contribution in [-0.4, -0.2) is 30.7 Å². The predicted octanol–water partition coefficient (Wildman–Crippen LogP) is 2.33. The van der Waals surface area contributed by atoms with Gasteiger partial charge in [0.1, 0.15) is 0 Å². The van der Waals surface area contributed by atoms with Crippen LogP contribution in [0.2, 0.25) is 0 Å². The second kappa shape index (κ2) is 6.41. The fourth-order valence-electron chi connectivity index (χ4n) is 2.71. The summed E-state index contributed by atoms with van der Waals surface area (Å²) in [5.74, 6) is -1.03. The SMILES string of the molecule is CN(C(=O)NCC1CCCC1C(=O)O)c1ccccc1. The van der Waals surface area contributed by atoms with Gasteiger partial charge in [-0.05, 0) is 30.9 Å². The first-order valence-corrected chi connectivity index (χ1v) is 6.89. The number of carboxylic acids is 1. The van der Waals surface area contributed by atoms with Crippen molar-refractivity contribution in [1.29, 1.82) is 0 Å². The summed E-state index contributed by atoms with van der Waals surface area (Å²) < 4.78 is 0. The third kappa shape index (κ3) is 3.29. The maximum atomic E-state index is 12.0. The van der Waals surface area contributed by atoms with Crippen LogP contribution in [0.5, 0.6) is 0 Å². The fourth-order valence-corrected chi connectivity index (χ4v) is 2.71. The third-order valence-electron chi connectivity index (χ3n) is 3.94. The number of rotatable bonds is 4. The van der Waals surface area contributed by atoms with Gasteiger partial charge in [-0.3, -0.25) is 9.69 Å². The van der Waals surface area contributed by atoms with E-state index in [-0.39, 0.29) is 17.9 Å². The molecule has 108 valence electrons. The normalized spacial score (nSPS) is 21.4. The van der Waals surface area contributed by atoms with Gasteiger partial charge in [0.05, 0.1) is 5.92 Å². The molecule has 1 aliphatic carbocycles. The van der Waals surface area contributed by atoms with Crippen LogP contribution in [0.1, 0.15) is 19.3 Å². The molecule has 5 heteroatoms. The van der Waals surface area contributed by atoms with Gasteiger partial charge in [-0.1, -0.05) is 24.6 Å². The van der Waals surface area contributed by atoms with Gasteiger partial charge < -0.3 is 10.4 Å². The topological polar surface area (TPSA) is 69.6 Å². The van der Waals surface area contributed by atoms with Gasteiger partial charge in [0, 0.05) is 19.3 Å². The van der Waals surface area contributed by atoms with Crippen molar-refractivity contribution in [2.45, 2.75) is 19.3 Å². The minimum atomic E-state index is -0.752. The summed E-state index contributed by atoms with van der Waals surface area (Å²) in [4.78, 5) is 24.7. The van der Waals surface area contributed by atoms with Crippen molar-refractivity contribution in [3.05, 3.63) is 30.3 Å². The highest BCUT2D eigenvalue weighted by atomic mass is 16.4. The molecule has 0 bridgehead atoms. The molecule has 0 spiro atoms. The average Bonchev–Trinajstić information content (AvgIpc) is 2.93. The quantitative estimate of drug-likeness (QED) is 0.886. The molecule has 1 aliphatic rings. The molecular formula is C15H20N2O3. The minimum Gasteiger partial charge on any atom is -0.481 e. The van der Waals surface area contributed by atoms with E-state index in [9.17, 15) is 9.59 Å². The van der Waals surface area contributed by atoms with Crippen LogP contribution in [0, 0.1) is 11.8 Å². The molecule has 0 radical (unpaired) electrons. The van der Waals surface area contributed by atoms with Crippen molar-refractivity contribution in [3.8, 4) is 0 Å². The third-order valence-corrected chi connectivity index (χ3v) is 3.94. The summed E-state index contributed by atoms with van der Waals surface area (Å²) in [5.41, 5.74) is 0.811. The van der Waals surface area contributed by atoms with Gasteiger partial charge in [0.15, 0.2) is 0 Å². The predicted molar refractivity (Wildman–Crippen MR) is 76.7 cm³/mol. The number of para-hydroxylation sites is 1. The molecule has 2 rings (SSSR count). The highest BCUT2D eigenvalue weighted by Crippen LogP contribution is 2.31. The number of aliphatic carboxylic acids is 1. The van der Waals surface area contributed by atoms with Gasteiger partial charge in [-0.15, -0.1) is 0 Å². The lowest BCUT2D eigenvalue weighted by molar-refractivity contribution is -0.142. The molecule has 1 saturated carbocycles. The van der Waals surface area contributed by atoms with Gasteiger partial charge in [-0.2, -0.15) is 0 Å². The lowest BCUT2D eigenvalue weighted by Crippen LogP contribution is -2.41. The summed E-state index contributed by atoms with van der Waals surface area (Å²) in [5, 5.41) is 11.9. The van der Waals surface area contributed by atoms with Crippen molar-refractivity contribution >= 4 is 17.7 Å². The zero-order valence-electron chi connectivity index (χ0n) is 11.6. The first kappa shape index (κ1) is 14.4. The van der Waals surface area contributed by atoms with Crippen LogP contribution < -0.4 is 10.2 Å². The molecule has 1 fully saturated rings. The van der Waals surface area contributed by atoms with Crippen LogP contribution in [0.4, 0.5) is 10.5 Å². The Hall–Kier alpha value is -2.04. The van der Waals surface area contributed by atoms with E-state index in [1.807, 2.05) is 30.3 Å². The highest BCUT2D eigenvalue weighted by molar-refractivity contribution is 5.91. The van der Waals surface area contributed by atoms with Crippen LogP contribution in [-0.2, 0) is 4.79 Å². The number of hydrogen-bond acceptors (Lipinski definition) is 2. The second-order valence-corrected chi connectivity index (χ2v) is 5.22. The second-order valence-electron chi connectivity index (χ2n) is 5.22. The Bertz CT molecular complexity index is 475. The van der Waals surface area contributed by atoms with Crippen LogP contribution in [0.3, 0.4) is 0 Å². The number of carbonyl (C=O) groups is 2. The monoisotopic (exact) mass is 276 g/mol. The number of nitrogens with zero attached hydrogens (tertiary/aromatic N) is 1. The molecule has 1 aromatic rings. The van der Waals surface area contributed by atoms with E-state index in [0.29, 0.717) is 13.0 Å². The van der Waals surface area contributed by atoms with Crippen molar-refractivity contribution in [1.82, 2.24) is 5.32 Å². The van der Waals surface area contributed by atoms with E-state index in [1.54, 1.807) is 7.05 Å². The molecule has 5 nitrogen and oxygen atoms in total. The van der Waals surface area contributed by atoms with Crippen LogP contribution in [0.25, 0.3) is 0 Å². The zero-order chi connectivity index (χ0) is 14.5. The molecule has 0 heterocycles. The Labute approximate surface area is 118 Å². The highest BCUT2D eigenvalue weighted by Gasteiger charge is 2.33. The molecule has 0 saturated heterocycles. The lowest BCUT2D eigenvalue weighted by atomic mass is 9.96. The number of carbonyl (C=O) groups excluding carboxylic acids is 1. The zero-order valence-corrected chi connectivity index (χ0v) is 11.6. The lowest BCUT2D eigenvalue weighted by Gasteiger charge is -2.21. The molecule has 20 heavy (non-hydrogen) atoms. The van der Waals surface area contributed by atoms with Crippen molar-refractivity contribution in [2.75, 3.05) is 18.5 Å². The van der Waals surface area contributed by atoms with Crippen molar-refractivity contribution in [2.24, 2.45) is 11.8 Å². The molecule has 2 atom stereocenters. The Morgan fingerprint density at radius 3 is 2.65 bits per heavy atom.